The Morgan fingerprint density at radius 2 is 1.83 bits per heavy atom. The molecule has 3 rings (SSSR count). The molecular weight excluding hydrogens is 342 g/mol. The zero-order chi connectivity index (χ0) is 17.1. The van der Waals surface area contributed by atoms with E-state index in [1.165, 1.54) is 11.1 Å². The Labute approximate surface area is 151 Å². The van der Waals surface area contributed by atoms with Gasteiger partial charge in [-0.2, -0.15) is 5.10 Å². The fourth-order valence-electron chi connectivity index (χ4n) is 2.97. The van der Waals surface area contributed by atoms with E-state index >= 15 is 0 Å². The van der Waals surface area contributed by atoms with E-state index in [1.807, 2.05) is 25.5 Å². The molecule has 5 nitrogen and oxygen atoms in total. The highest BCUT2D eigenvalue weighted by Crippen LogP contribution is 2.34. The first-order chi connectivity index (χ1) is 11.6. The molecule has 1 aliphatic rings. The number of nitrogens with zero attached hydrogens (tertiary/aromatic N) is 3. The van der Waals surface area contributed by atoms with Gasteiger partial charge in [0.2, 0.25) is 0 Å². The van der Waals surface area contributed by atoms with Crippen molar-refractivity contribution in [2.75, 3.05) is 19.8 Å². The number of rotatable bonds is 6. The highest BCUT2D eigenvalue weighted by molar-refractivity contribution is 7.73. The third kappa shape index (κ3) is 3.79. The summed E-state index contributed by atoms with van der Waals surface area (Å²) in [6.07, 6.45) is 0.998. The predicted molar refractivity (Wildman–Crippen MR) is 98.6 cm³/mol. The fourth-order valence-corrected chi connectivity index (χ4v) is 4.03. The zero-order valence-corrected chi connectivity index (χ0v) is 16.0. The van der Waals surface area contributed by atoms with Crippen molar-refractivity contribution in [2.24, 2.45) is 0 Å². The second kappa shape index (κ2) is 7.63. The Morgan fingerprint density at radius 1 is 1.17 bits per heavy atom. The van der Waals surface area contributed by atoms with Crippen molar-refractivity contribution in [3.63, 3.8) is 0 Å². The maximum absolute atomic E-state index is 5.76. The summed E-state index contributed by atoms with van der Waals surface area (Å²) in [6, 6.07) is 4.27. The molecule has 24 heavy (non-hydrogen) atoms. The molecule has 0 atom stereocenters. The number of ether oxygens (including phenoxy) is 2. The lowest BCUT2D eigenvalue weighted by Crippen LogP contribution is -2.32. The van der Waals surface area contributed by atoms with Gasteiger partial charge in [-0.05, 0) is 62.7 Å². The van der Waals surface area contributed by atoms with Crippen LogP contribution in [0.3, 0.4) is 0 Å². The van der Waals surface area contributed by atoms with Crippen molar-refractivity contribution in [3.05, 3.63) is 32.2 Å². The average molecular weight is 366 g/mol. The second-order valence-electron chi connectivity index (χ2n) is 5.76. The monoisotopic (exact) mass is 365 g/mol. The van der Waals surface area contributed by atoms with E-state index < -0.39 is 0 Å². The summed E-state index contributed by atoms with van der Waals surface area (Å²) in [7, 11) is 0. The first kappa shape index (κ1) is 17.4. The molecule has 130 valence electrons. The van der Waals surface area contributed by atoms with E-state index in [9.17, 15) is 0 Å². The smallest absolute Gasteiger partial charge is 0.180 e. The molecular formula is C17H23N3O2S2. The highest BCUT2D eigenvalue weighted by Gasteiger charge is 2.20. The Bertz CT molecular complexity index is 770. The van der Waals surface area contributed by atoms with Crippen molar-refractivity contribution in [3.8, 4) is 11.5 Å². The van der Waals surface area contributed by atoms with Gasteiger partial charge < -0.3 is 9.47 Å². The lowest BCUT2D eigenvalue weighted by molar-refractivity contribution is 0.187. The van der Waals surface area contributed by atoms with Gasteiger partial charge in [0.1, 0.15) is 5.01 Å². The summed E-state index contributed by atoms with van der Waals surface area (Å²) in [5.74, 6) is 1.69. The van der Waals surface area contributed by atoms with Crippen molar-refractivity contribution in [1.29, 1.82) is 0 Å². The van der Waals surface area contributed by atoms with Crippen molar-refractivity contribution in [1.82, 2.24) is 14.7 Å². The van der Waals surface area contributed by atoms with Gasteiger partial charge in [0.05, 0.1) is 19.9 Å². The van der Waals surface area contributed by atoms with Gasteiger partial charge in [-0.15, -0.1) is 0 Å². The standard InChI is InChI=1S/C17H23N3O2S2/c1-4-21-15-8-13-6-7-19(10-14(13)9-16(15)22-5-2)11-20-17(23)24-12(3)18-20/h8-9H,4-7,10-11H2,1-3H3. The minimum Gasteiger partial charge on any atom is -0.490 e. The van der Waals surface area contributed by atoms with Crippen LogP contribution in [0.15, 0.2) is 12.1 Å². The fraction of sp³-hybridized carbons (Fsp3) is 0.529. The van der Waals surface area contributed by atoms with Crippen LogP contribution < -0.4 is 9.47 Å². The normalized spacial score (nSPS) is 14.5. The molecule has 2 heterocycles. The van der Waals surface area contributed by atoms with Gasteiger partial charge >= 0.3 is 0 Å². The molecule has 1 aromatic carbocycles. The Hall–Kier alpha value is -1.44. The number of benzene rings is 1. The lowest BCUT2D eigenvalue weighted by Gasteiger charge is -2.29. The van der Waals surface area contributed by atoms with E-state index in [0.717, 1.165) is 46.6 Å². The summed E-state index contributed by atoms with van der Waals surface area (Å²) in [5, 5.41) is 5.50. The number of aromatic nitrogens is 2. The molecule has 0 saturated carbocycles. The molecule has 0 spiro atoms. The van der Waals surface area contributed by atoms with E-state index in [4.69, 9.17) is 21.7 Å². The Balaban J connectivity index is 1.80. The van der Waals surface area contributed by atoms with Crippen LogP contribution in [-0.2, 0) is 19.6 Å². The van der Waals surface area contributed by atoms with E-state index in [0.29, 0.717) is 13.2 Å². The minimum atomic E-state index is 0.635. The van der Waals surface area contributed by atoms with Crippen LogP contribution in [0, 0.1) is 10.9 Å². The zero-order valence-electron chi connectivity index (χ0n) is 14.4. The SMILES string of the molecule is CCOc1cc2c(cc1OCC)CN(Cn1nc(C)sc1=S)CC2. The first-order valence-corrected chi connectivity index (χ1v) is 9.51. The maximum Gasteiger partial charge on any atom is 0.180 e. The summed E-state index contributed by atoms with van der Waals surface area (Å²) in [4.78, 5) is 2.37. The molecule has 0 radical (unpaired) electrons. The molecule has 0 bridgehead atoms. The number of hydrogen-bond acceptors (Lipinski definition) is 6. The quantitative estimate of drug-likeness (QED) is 0.728. The molecule has 0 aliphatic carbocycles. The van der Waals surface area contributed by atoms with Crippen molar-refractivity contribution in [2.45, 2.75) is 40.4 Å². The number of aryl methyl sites for hydroxylation is 1. The van der Waals surface area contributed by atoms with Crippen molar-refractivity contribution < 1.29 is 9.47 Å². The second-order valence-corrected chi connectivity index (χ2v) is 7.59. The van der Waals surface area contributed by atoms with Crippen LogP contribution in [-0.4, -0.2) is 34.4 Å². The van der Waals surface area contributed by atoms with Crippen LogP contribution in [0.4, 0.5) is 0 Å². The third-order valence-electron chi connectivity index (χ3n) is 4.00. The molecule has 0 unspecified atom stereocenters. The van der Waals surface area contributed by atoms with Crippen LogP contribution in [0.5, 0.6) is 11.5 Å². The van der Waals surface area contributed by atoms with Gasteiger partial charge in [-0.1, -0.05) is 11.3 Å². The van der Waals surface area contributed by atoms with Gasteiger partial charge in [0, 0.05) is 13.1 Å². The van der Waals surface area contributed by atoms with Gasteiger partial charge in [0.25, 0.3) is 0 Å². The molecule has 7 heteroatoms. The molecule has 0 amide bonds. The van der Waals surface area contributed by atoms with Gasteiger partial charge in [-0.25, -0.2) is 4.68 Å². The molecule has 1 aliphatic heterocycles. The molecule has 0 N–H and O–H groups in total. The number of fused-ring (bicyclic) bond motifs is 1. The van der Waals surface area contributed by atoms with Crippen LogP contribution in [0.1, 0.15) is 30.0 Å². The van der Waals surface area contributed by atoms with E-state index in [2.05, 4.69) is 22.1 Å². The lowest BCUT2D eigenvalue weighted by atomic mass is 9.99. The summed E-state index contributed by atoms with van der Waals surface area (Å²) >= 11 is 6.94. The van der Waals surface area contributed by atoms with Crippen LogP contribution >= 0.6 is 23.6 Å². The summed E-state index contributed by atoms with van der Waals surface area (Å²) < 4.78 is 14.2. The molecule has 2 aromatic rings. The largest absolute Gasteiger partial charge is 0.490 e. The number of hydrogen-bond donors (Lipinski definition) is 0. The third-order valence-corrected chi connectivity index (χ3v) is 5.22. The van der Waals surface area contributed by atoms with Crippen LogP contribution in [0.2, 0.25) is 0 Å². The molecule has 1 aromatic heterocycles. The molecule has 0 saturated heterocycles. The van der Waals surface area contributed by atoms with E-state index in [-0.39, 0.29) is 0 Å². The Morgan fingerprint density at radius 3 is 2.42 bits per heavy atom. The average Bonchev–Trinajstić information content (AvgIpc) is 2.86. The van der Waals surface area contributed by atoms with Crippen molar-refractivity contribution >= 4 is 23.6 Å². The van der Waals surface area contributed by atoms with E-state index in [1.54, 1.807) is 11.3 Å². The topological polar surface area (TPSA) is 39.5 Å². The van der Waals surface area contributed by atoms with Gasteiger partial charge in [0.15, 0.2) is 15.5 Å². The summed E-state index contributed by atoms with van der Waals surface area (Å²) in [5.41, 5.74) is 2.64. The minimum absolute atomic E-state index is 0.635. The van der Waals surface area contributed by atoms with Gasteiger partial charge in [-0.3, -0.25) is 4.90 Å². The highest BCUT2D eigenvalue weighted by atomic mass is 32.1. The molecule has 0 fully saturated rings. The summed E-state index contributed by atoms with van der Waals surface area (Å²) in [6.45, 7) is 9.86. The maximum atomic E-state index is 5.76. The first-order valence-electron chi connectivity index (χ1n) is 8.29. The predicted octanol–water partition coefficient (Wildman–Crippen LogP) is 3.80. The van der Waals surface area contributed by atoms with Crippen LogP contribution in [0.25, 0.3) is 0 Å². The Kier molecular flexibility index (Phi) is 5.53.